The van der Waals surface area contributed by atoms with E-state index in [4.69, 9.17) is 14.7 Å². The summed E-state index contributed by atoms with van der Waals surface area (Å²) in [5, 5.41) is 5.49. The van der Waals surface area contributed by atoms with Gasteiger partial charge in [0.1, 0.15) is 10.6 Å². The Hall–Kier alpha value is -3.50. The third-order valence-electron chi connectivity index (χ3n) is 7.12. The Morgan fingerprint density at radius 2 is 1.68 bits per heavy atom. The van der Waals surface area contributed by atoms with E-state index in [-0.39, 0.29) is 18.1 Å². The van der Waals surface area contributed by atoms with Gasteiger partial charge in [0.15, 0.2) is 15.7 Å². The van der Waals surface area contributed by atoms with Gasteiger partial charge in [-0.05, 0) is 70.0 Å². The number of rotatable bonds is 7. The van der Waals surface area contributed by atoms with Crippen LogP contribution in [0.3, 0.4) is 0 Å². The second-order valence-electron chi connectivity index (χ2n) is 9.95. The molecule has 38 heavy (non-hydrogen) atoms. The number of anilines is 2. The number of hydrogen-bond acceptors (Lipinski definition) is 7. The molecule has 1 aliphatic heterocycles. The Bertz CT molecular complexity index is 1400. The van der Waals surface area contributed by atoms with E-state index >= 15 is 0 Å². The highest BCUT2D eigenvalue weighted by Gasteiger charge is 2.58. The predicted molar refractivity (Wildman–Crippen MR) is 147 cm³/mol. The molecular weight excluding hydrogens is 502 g/mol. The number of aromatic nitrogens is 2. The van der Waals surface area contributed by atoms with Crippen LogP contribution < -0.4 is 15.5 Å². The number of morpholine rings is 1. The lowest BCUT2D eigenvalue weighted by Gasteiger charge is -2.40. The van der Waals surface area contributed by atoms with Crippen molar-refractivity contribution in [3.63, 3.8) is 0 Å². The summed E-state index contributed by atoms with van der Waals surface area (Å²) < 4.78 is 32.3. The average molecular weight is 536 g/mol. The molecule has 3 aromatic rings. The molecule has 5 rings (SSSR count). The van der Waals surface area contributed by atoms with E-state index in [0.717, 1.165) is 5.56 Å². The van der Waals surface area contributed by atoms with E-state index in [1.165, 1.54) is 0 Å². The minimum Gasteiger partial charge on any atom is -0.377 e. The minimum atomic E-state index is -3.67. The highest BCUT2D eigenvalue weighted by molar-refractivity contribution is 7.92. The van der Waals surface area contributed by atoms with Crippen molar-refractivity contribution in [1.29, 1.82) is 0 Å². The van der Waals surface area contributed by atoms with Gasteiger partial charge < -0.3 is 20.3 Å². The summed E-state index contributed by atoms with van der Waals surface area (Å²) in [5.41, 5.74) is 1.88. The highest BCUT2D eigenvalue weighted by atomic mass is 32.2. The maximum atomic E-state index is 13.8. The molecule has 2 fully saturated rings. The molecule has 9 nitrogen and oxygen atoms in total. The lowest BCUT2D eigenvalue weighted by molar-refractivity contribution is 0.0752. The van der Waals surface area contributed by atoms with Crippen molar-refractivity contribution in [3.8, 4) is 11.4 Å². The number of carbonyl (C=O) groups is 1. The van der Waals surface area contributed by atoms with Crippen molar-refractivity contribution in [2.24, 2.45) is 0 Å². The van der Waals surface area contributed by atoms with Crippen LogP contribution in [0.4, 0.5) is 16.3 Å². The third-order valence-corrected chi connectivity index (χ3v) is 9.66. The molecule has 2 heterocycles. The molecule has 2 atom stereocenters. The minimum absolute atomic E-state index is 0.0684. The Morgan fingerprint density at radius 1 is 1.03 bits per heavy atom. The van der Waals surface area contributed by atoms with Crippen molar-refractivity contribution in [2.45, 2.75) is 55.3 Å². The quantitative estimate of drug-likeness (QED) is 0.462. The molecule has 2 aliphatic rings. The Kier molecular flexibility index (Phi) is 7.11. The average Bonchev–Trinajstić information content (AvgIpc) is 3.73. The van der Waals surface area contributed by atoms with E-state index < -0.39 is 14.6 Å². The van der Waals surface area contributed by atoms with Crippen molar-refractivity contribution in [1.82, 2.24) is 15.3 Å². The van der Waals surface area contributed by atoms with Gasteiger partial charge in [0.25, 0.3) is 0 Å². The maximum Gasteiger partial charge on any atom is 0.319 e. The maximum absolute atomic E-state index is 13.8. The first kappa shape index (κ1) is 26.1. The molecule has 0 bridgehead atoms. The molecule has 1 saturated heterocycles. The zero-order valence-corrected chi connectivity index (χ0v) is 22.7. The summed E-state index contributed by atoms with van der Waals surface area (Å²) in [6, 6.07) is 17.5. The highest BCUT2D eigenvalue weighted by Crippen LogP contribution is 2.55. The van der Waals surface area contributed by atoms with Crippen LogP contribution in [0, 0.1) is 0 Å². The lowest BCUT2D eigenvalue weighted by Crippen LogP contribution is -2.50. The zero-order valence-electron chi connectivity index (χ0n) is 21.8. The van der Waals surface area contributed by atoms with Crippen LogP contribution in [-0.2, 0) is 19.3 Å². The van der Waals surface area contributed by atoms with E-state index in [1.54, 1.807) is 36.4 Å². The first-order valence-corrected chi connectivity index (χ1v) is 14.4. The monoisotopic (exact) mass is 535 g/mol. The Morgan fingerprint density at radius 3 is 2.29 bits per heavy atom. The van der Waals surface area contributed by atoms with E-state index in [0.29, 0.717) is 60.5 Å². The number of benzene rings is 2. The van der Waals surface area contributed by atoms with Crippen LogP contribution in [0.2, 0.25) is 0 Å². The fraction of sp³-hybridized carbons (Fsp3) is 0.393. The number of nitrogens with one attached hydrogen (secondary N) is 2. The summed E-state index contributed by atoms with van der Waals surface area (Å²) in [6.45, 7) is 7.66. The standard InChI is InChI=1S/C28H33N5O4S/c1-4-29-27(34)30-22-12-10-21(11-13-22)26-31-24(16-25(32-26)33-19(2)17-37-18-20(33)3)28(14-15-28)38(35,36)23-8-6-5-7-9-23/h5-13,16,19-20H,4,14-15,17-18H2,1-3H3,(H2,29,30,34)/t19-,20+. The Labute approximate surface area is 223 Å². The smallest absolute Gasteiger partial charge is 0.319 e. The summed E-state index contributed by atoms with van der Waals surface area (Å²) in [6.07, 6.45) is 1.01. The van der Waals surface area contributed by atoms with Gasteiger partial charge in [0.2, 0.25) is 0 Å². The number of urea groups is 1. The molecule has 0 unspecified atom stereocenters. The van der Waals surface area contributed by atoms with Crippen molar-refractivity contribution >= 4 is 27.4 Å². The molecule has 1 aliphatic carbocycles. The number of sulfone groups is 1. The van der Waals surface area contributed by atoms with Crippen molar-refractivity contribution in [2.75, 3.05) is 30.0 Å². The van der Waals surface area contributed by atoms with Crippen molar-refractivity contribution < 1.29 is 17.9 Å². The summed E-state index contributed by atoms with van der Waals surface area (Å²) in [7, 11) is -3.67. The normalized spacial score (nSPS) is 20.6. The number of hydrogen-bond donors (Lipinski definition) is 2. The van der Waals surface area contributed by atoms with E-state index in [1.807, 2.05) is 31.2 Å². The van der Waals surface area contributed by atoms with Crippen LogP contribution in [0.15, 0.2) is 65.6 Å². The molecule has 200 valence electrons. The summed E-state index contributed by atoms with van der Waals surface area (Å²) in [4.78, 5) is 24.1. The van der Waals surface area contributed by atoms with Crippen LogP contribution in [0.5, 0.6) is 0 Å². The fourth-order valence-electron chi connectivity index (χ4n) is 5.02. The van der Waals surface area contributed by atoms with Crippen molar-refractivity contribution in [3.05, 3.63) is 66.4 Å². The van der Waals surface area contributed by atoms with Gasteiger partial charge in [0, 0.05) is 23.9 Å². The molecule has 0 spiro atoms. The second kappa shape index (κ2) is 10.3. The van der Waals surface area contributed by atoms with Crippen LogP contribution in [0.1, 0.15) is 39.3 Å². The predicted octanol–water partition coefficient (Wildman–Crippen LogP) is 4.36. The lowest BCUT2D eigenvalue weighted by atomic mass is 10.1. The van der Waals surface area contributed by atoms with Gasteiger partial charge >= 0.3 is 6.03 Å². The third kappa shape index (κ3) is 4.86. The number of ether oxygens (including phenoxy) is 1. The summed E-state index contributed by atoms with van der Waals surface area (Å²) >= 11 is 0. The molecule has 2 N–H and O–H groups in total. The first-order chi connectivity index (χ1) is 18.2. The fourth-order valence-corrected chi connectivity index (χ4v) is 7.01. The van der Waals surface area contributed by atoms with Gasteiger partial charge in [-0.1, -0.05) is 18.2 Å². The summed E-state index contributed by atoms with van der Waals surface area (Å²) in [5.74, 6) is 1.13. The number of carbonyl (C=O) groups excluding carboxylic acids is 1. The van der Waals surface area contributed by atoms with Crippen LogP contribution in [-0.4, -0.2) is 56.3 Å². The number of amides is 2. The topological polar surface area (TPSA) is 114 Å². The van der Waals surface area contributed by atoms with Gasteiger partial charge in [-0.15, -0.1) is 0 Å². The van der Waals surface area contributed by atoms with Crippen LogP contribution >= 0.6 is 0 Å². The Balaban J connectivity index is 1.58. The van der Waals surface area contributed by atoms with E-state index in [9.17, 15) is 13.2 Å². The SMILES string of the molecule is CCNC(=O)Nc1ccc(-c2nc(N3[C@H](C)COC[C@@H]3C)cc(C3(S(=O)(=O)c4ccccc4)CC3)n2)cc1. The van der Waals surface area contributed by atoms with Gasteiger partial charge in [-0.2, -0.15) is 0 Å². The molecule has 2 amide bonds. The molecular formula is C28H33N5O4S. The van der Waals surface area contributed by atoms with E-state index in [2.05, 4.69) is 29.4 Å². The van der Waals surface area contributed by atoms with Gasteiger partial charge in [-0.25, -0.2) is 23.2 Å². The van der Waals surface area contributed by atoms with Gasteiger partial charge in [0.05, 0.1) is 35.9 Å². The molecule has 0 radical (unpaired) electrons. The zero-order chi connectivity index (χ0) is 26.9. The number of nitrogens with zero attached hydrogens (tertiary/aromatic N) is 3. The van der Waals surface area contributed by atoms with Gasteiger partial charge in [-0.3, -0.25) is 0 Å². The first-order valence-electron chi connectivity index (χ1n) is 13.0. The van der Waals surface area contributed by atoms with Crippen LogP contribution in [0.25, 0.3) is 11.4 Å². The molecule has 10 heteroatoms. The molecule has 1 aromatic heterocycles. The molecule has 2 aromatic carbocycles. The molecule has 1 saturated carbocycles. The largest absolute Gasteiger partial charge is 0.377 e. The second-order valence-corrected chi connectivity index (χ2v) is 12.2.